The summed E-state index contributed by atoms with van der Waals surface area (Å²) in [4.78, 5) is 25.7. The maximum Gasteiger partial charge on any atom is 0.279 e. The van der Waals surface area contributed by atoms with E-state index in [1.807, 2.05) is 6.07 Å². The van der Waals surface area contributed by atoms with E-state index < -0.39 is 12.1 Å². The number of carbonyl (C=O) groups is 1. The highest BCUT2D eigenvalue weighted by molar-refractivity contribution is 6.05. The van der Waals surface area contributed by atoms with Crippen LogP contribution in [-0.4, -0.2) is 34.1 Å². The van der Waals surface area contributed by atoms with Crippen molar-refractivity contribution in [3.8, 4) is 11.9 Å². The summed E-state index contributed by atoms with van der Waals surface area (Å²) in [6.45, 7) is 0. The first-order valence-electron chi connectivity index (χ1n) is 9.30. The molecule has 0 radical (unpaired) electrons. The minimum absolute atomic E-state index is 0.0516. The van der Waals surface area contributed by atoms with E-state index in [0.29, 0.717) is 16.7 Å². The number of amides is 1. The van der Waals surface area contributed by atoms with Crippen LogP contribution in [0.25, 0.3) is 11.0 Å². The van der Waals surface area contributed by atoms with E-state index in [0.717, 1.165) is 0 Å². The van der Waals surface area contributed by atoms with Gasteiger partial charge < -0.3 is 14.8 Å². The molecule has 2 heterocycles. The van der Waals surface area contributed by atoms with Crippen LogP contribution in [0.15, 0.2) is 66.3 Å². The number of nitrogens with zero attached hydrogens (tertiary/aromatic N) is 4. The molecule has 0 aliphatic heterocycles. The van der Waals surface area contributed by atoms with E-state index in [1.54, 1.807) is 30.3 Å². The topological polar surface area (TPSA) is 110 Å². The molecule has 0 fully saturated rings. The Kier molecular flexibility index (Phi) is 5.53. The molecule has 1 aromatic carbocycles. The van der Waals surface area contributed by atoms with Gasteiger partial charge in [-0.25, -0.2) is 19.3 Å². The number of pyridine rings is 1. The predicted molar refractivity (Wildman–Crippen MR) is 110 cm³/mol. The van der Waals surface area contributed by atoms with Gasteiger partial charge in [-0.15, -0.1) is 0 Å². The van der Waals surface area contributed by atoms with Crippen LogP contribution in [0.4, 0.5) is 10.1 Å². The molecule has 1 N–H and O–H groups in total. The summed E-state index contributed by atoms with van der Waals surface area (Å²) in [6.07, 6.45) is 3.12. The van der Waals surface area contributed by atoms with Crippen LogP contribution >= 0.6 is 0 Å². The van der Waals surface area contributed by atoms with Crippen molar-refractivity contribution in [2.75, 3.05) is 12.4 Å². The SMILES string of the molecule is COC1=CC(F)CC=C1Oc1nc2ccccc2nc1C(=O)Nc1ccc(C#N)nc1. The highest BCUT2D eigenvalue weighted by Gasteiger charge is 2.23. The lowest BCUT2D eigenvalue weighted by molar-refractivity contribution is 0.101. The molecule has 1 unspecified atom stereocenters. The second-order valence-corrected chi connectivity index (χ2v) is 6.52. The largest absolute Gasteiger partial charge is 0.493 e. The summed E-state index contributed by atoms with van der Waals surface area (Å²) >= 11 is 0. The second-order valence-electron chi connectivity index (χ2n) is 6.52. The van der Waals surface area contributed by atoms with Crippen LogP contribution in [0.5, 0.6) is 5.88 Å². The number of allylic oxidation sites excluding steroid dienone is 2. The van der Waals surface area contributed by atoms with Crippen LogP contribution < -0.4 is 10.1 Å². The van der Waals surface area contributed by atoms with Gasteiger partial charge in [-0.3, -0.25) is 4.79 Å². The maximum absolute atomic E-state index is 13.7. The Morgan fingerprint density at radius 1 is 1.19 bits per heavy atom. The van der Waals surface area contributed by atoms with Crippen molar-refractivity contribution in [2.24, 2.45) is 0 Å². The molecule has 1 aliphatic carbocycles. The van der Waals surface area contributed by atoms with Crippen LogP contribution in [-0.2, 0) is 4.74 Å². The highest BCUT2D eigenvalue weighted by Crippen LogP contribution is 2.27. The second kappa shape index (κ2) is 8.59. The molecule has 1 atom stereocenters. The van der Waals surface area contributed by atoms with E-state index in [4.69, 9.17) is 14.7 Å². The predicted octanol–water partition coefficient (Wildman–Crippen LogP) is 3.68. The number of fused-ring (bicyclic) bond motifs is 1. The molecule has 0 saturated heterocycles. The molecule has 154 valence electrons. The number of nitriles is 1. The van der Waals surface area contributed by atoms with Crippen molar-refractivity contribution in [3.05, 3.63) is 77.7 Å². The Morgan fingerprint density at radius 2 is 1.97 bits per heavy atom. The Bertz CT molecular complexity index is 1250. The molecular formula is C22H16FN5O3. The molecule has 1 amide bonds. The summed E-state index contributed by atoms with van der Waals surface area (Å²) < 4.78 is 24.7. The fourth-order valence-corrected chi connectivity index (χ4v) is 2.93. The summed E-state index contributed by atoms with van der Waals surface area (Å²) in [5.74, 6) is -0.182. The number of carbonyl (C=O) groups excluding carboxylic acids is 1. The molecule has 31 heavy (non-hydrogen) atoms. The highest BCUT2D eigenvalue weighted by atomic mass is 19.1. The third kappa shape index (κ3) is 4.33. The number of anilines is 1. The number of benzene rings is 1. The zero-order valence-electron chi connectivity index (χ0n) is 16.4. The van der Waals surface area contributed by atoms with Crippen molar-refractivity contribution in [3.63, 3.8) is 0 Å². The molecule has 0 bridgehead atoms. The standard InChI is InChI=1S/C22H16FN5O3/c1-30-19-10-13(23)6-9-18(19)31-22-20(27-16-4-2-3-5-17(16)28-22)21(29)26-15-8-7-14(11-24)25-12-15/h2-5,7-10,12-13H,6H2,1H3,(H,26,29). The van der Waals surface area contributed by atoms with Crippen molar-refractivity contribution >= 4 is 22.6 Å². The van der Waals surface area contributed by atoms with Crippen molar-refractivity contribution in [1.82, 2.24) is 15.0 Å². The van der Waals surface area contributed by atoms with Crippen LogP contribution in [0, 0.1) is 11.3 Å². The average Bonchev–Trinajstić information content (AvgIpc) is 2.80. The molecule has 1 aliphatic rings. The van der Waals surface area contributed by atoms with Gasteiger partial charge in [0.15, 0.2) is 17.2 Å². The normalized spacial score (nSPS) is 15.5. The van der Waals surface area contributed by atoms with Crippen molar-refractivity contribution < 1.29 is 18.7 Å². The number of aromatic nitrogens is 3. The number of alkyl halides is 1. The minimum Gasteiger partial charge on any atom is -0.493 e. The zero-order valence-corrected chi connectivity index (χ0v) is 16.4. The molecule has 8 nitrogen and oxygen atoms in total. The first kappa shape index (κ1) is 20.0. The lowest BCUT2D eigenvalue weighted by atomic mass is 10.1. The van der Waals surface area contributed by atoms with E-state index in [2.05, 4.69) is 20.3 Å². The first-order chi connectivity index (χ1) is 15.1. The van der Waals surface area contributed by atoms with Gasteiger partial charge in [-0.2, -0.15) is 5.26 Å². The number of halogens is 1. The van der Waals surface area contributed by atoms with Gasteiger partial charge in [0.1, 0.15) is 17.9 Å². The third-order valence-corrected chi connectivity index (χ3v) is 4.42. The van der Waals surface area contributed by atoms with Gasteiger partial charge in [-0.05, 0) is 36.4 Å². The van der Waals surface area contributed by atoms with Crippen LogP contribution in [0.3, 0.4) is 0 Å². The smallest absolute Gasteiger partial charge is 0.279 e. The van der Waals surface area contributed by atoms with Gasteiger partial charge in [0.2, 0.25) is 0 Å². The van der Waals surface area contributed by atoms with E-state index in [9.17, 15) is 9.18 Å². The Morgan fingerprint density at radius 3 is 2.65 bits per heavy atom. The van der Waals surface area contributed by atoms with Gasteiger partial charge >= 0.3 is 0 Å². The Labute approximate surface area is 176 Å². The molecule has 3 aromatic rings. The number of para-hydroxylation sites is 2. The number of ether oxygens (including phenoxy) is 2. The average molecular weight is 417 g/mol. The zero-order chi connectivity index (χ0) is 21.8. The first-order valence-corrected chi connectivity index (χ1v) is 9.30. The van der Waals surface area contributed by atoms with E-state index in [-0.39, 0.29) is 35.2 Å². The minimum atomic E-state index is -1.18. The lowest BCUT2D eigenvalue weighted by Crippen LogP contribution is -2.18. The monoisotopic (exact) mass is 417 g/mol. The molecular weight excluding hydrogens is 401 g/mol. The number of nitrogens with one attached hydrogen (secondary N) is 1. The Balaban J connectivity index is 1.70. The third-order valence-electron chi connectivity index (χ3n) is 4.42. The van der Waals surface area contributed by atoms with Crippen molar-refractivity contribution in [2.45, 2.75) is 12.6 Å². The maximum atomic E-state index is 13.7. The van der Waals surface area contributed by atoms with Gasteiger partial charge in [0.25, 0.3) is 11.8 Å². The van der Waals surface area contributed by atoms with Gasteiger partial charge in [0, 0.05) is 6.42 Å². The number of hydrogen-bond acceptors (Lipinski definition) is 7. The summed E-state index contributed by atoms with van der Waals surface area (Å²) in [7, 11) is 1.40. The van der Waals surface area contributed by atoms with E-state index in [1.165, 1.54) is 31.5 Å². The number of rotatable bonds is 5. The van der Waals surface area contributed by atoms with Gasteiger partial charge in [-0.1, -0.05) is 12.1 Å². The molecule has 9 heteroatoms. The fraction of sp³-hybridized carbons (Fsp3) is 0.136. The number of methoxy groups -OCH3 is 1. The fourth-order valence-electron chi connectivity index (χ4n) is 2.93. The molecule has 0 saturated carbocycles. The molecule has 0 spiro atoms. The van der Waals surface area contributed by atoms with Crippen molar-refractivity contribution in [1.29, 1.82) is 5.26 Å². The lowest BCUT2D eigenvalue weighted by Gasteiger charge is -2.18. The Hall–Kier alpha value is -4.32. The summed E-state index contributed by atoms with van der Waals surface area (Å²) in [5, 5.41) is 11.5. The van der Waals surface area contributed by atoms with Crippen LogP contribution in [0.1, 0.15) is 22.6 Å². The quantitative estimate of drug-likeness (QED) is 0.674. The number of hydrogen-bond donors (Lipinski definition) is 1. The van der Waals surface area contributed by atoms with Gasteiger partial charge in [0.05, 0.1) is 30.0 Å². The van der Waals surface area contributed by atoms with Crippen LogP contribution in [0.2, 0.25) is 0 Å². The summed E-state index contributed by atoms with van der Waals surface area (Å²) in [6, 6.07) is 12.0. The summed E-state index contributed by atoms with van der Waals surface area (Å²) in [5.41, 5.74) is 1.56. The molecule has 4 rings (SSSR count). The molecule has 2 aromatic heterocycles. The van der Waals surface area contributed by atoms with E-state index >= 15 is 0 Å².